The summed E-state index contributed by atoms with van der Waals surface area (Å²) in [6, 6.07) is 9.27. The van der Waals surface area contributed by atoms with Crippen LogP contribution in [0.3, 0.4) is 0 Å². The molecule has 0 radical (unpaired) electrons. The molecule has 3 nitrogen and oxygen atoms in total. The van der Waals surface area contributed by atoms with Crippen molar-refractivity contribution in [2.45, 2.75) is 0 Å². The molecule has 0 spiro atoms. The van der Waals surface area contributed by atoms with Crippen LogP contribution in [0, 0.1) is 0 Å². The number of nitrogens with zero attached hydrogens (tertiary/aromatic N) is 2. The summed E-state index contributed by atoms with van der Waals surface area (Å²) in [5.41, 5.74) is 0.897. The minimum Gasteiger partial charge on any atom is -0.340 e. The highest BCUT2D eigenvalue weighted by Crippen LogP contribution is 2.20. The van der Waals surface area contributed by atoms with Gasteiger partial charge in [-0.25, -0.2) is 9.97 Å². The first-order valence-corrected chi connectivity index (χ1v) is 5.91. The van der Waals surface area contributed by atoms with E-state index in [4.69, 9.17) is 23.2 Å². The maximum atomic E-state index is 5.76. The highest BCUT2D eigenvalue weighted by Gasteiger charge is 2.01. The molecule has 2 rings (SSSR count). The van der Waals surface area contributed by atoms with Crippen LogP contribution in [0.1, 0.15) is 0 Å². The molecule has 6 heteroatoms. The minimum absolute atomic E-state index is 0.118. The molecule has 0 fully saturated rings. The number of anilines is 2. The van der Waals surface area contributed by atoms with E-state index in [0.717, 1.165) is 10.2 Å². The molecule has 1 heterocycles. The second kappa shape index (κ2) is 4.99. The molecule has 0 aliphatic rings. The number of benzene rings is 1. The van der Waals surface area contributed by atoms with Gasteiger partial charge in [0.05, 0.1) is 0 Å². The van der Waals surface area contributed by atoms with E-state index in [9.17, 15) is 0 Å². The molecular weight excluding hydrogens is 313 g/mol. The van der Waals surface area contributed by atoms with Crippen molar-refractivity contribution in [1.29, 1.82) is 0 Å². The van der Waals surface area contributed by atoms with E-state index in [0.29, 0.717) is 11.0 Å². The Labute approximate surface area is 111 Å². The first-order chi connectivity index (χ1) is 7.63. The van der Waals surface area contributed by atoms with E-state index >= 15 is 0 Å². The summed E-state index contributed by atoms with van der Waals surface area (Å²) < 4.78 is 1.01. The zero-order valence-corrected chi connectivity index (χ0v) is 11.0. The number of halogens is 3. The number of aromatic nitrogens is 2. The molecular formula is C10H6BrCl2N3. The van der Waals surface area contributed by atoms with Crippen LogP contribution < -0.4 is 5.32 Å². The number of nitrogens with one attached hydrogen (secondary N) is 1. The van der Waals surface area contributed by atoms with E-state index < -0.39 is 0 Å². The Morgan fingerprint density at radius 3 is 2.38 bits per heavy atom. The predicted octanol–water partition coefficient (Wildman–Crippen LogP) is 4.29. The van der Waals surface area contributed by atoms with Crippen molar-refractivity contribution in [3.63, 3.8) is 0 Å². The van der Waals surface area contributed by atoms with Gasteiger partial charge in [-0.3, -0.25) is 0 Å². The monoisotopic (exact) mass is 317 g/mol. The Kier molecular flexibility index (Phi) is 3.63. The maximum absolute atomic E-state index is 5.76. The lowest BCUT2D eigenvalue weighted by atomic mass is 10.3. The number of hydrogen-bond donors (Lipinski definition) is 1. The Balaban J connectivity index is 2.23. The molecule has 0 aliphatic carbocycles. The second-order valence-corrected chi connectivity index (χ2v) is 4.62. The fraction of sp³-hybridized carbons (Fsp3) is 0. The van der Waals surface area contributed by atoms with Crippen molar-refractivity contribution in [3.05, 3.63) is 45.2 Å². The lowest BCUT2D eigenvalue weighted by Gasteiger charge is -2.05. The van der Waals surface area contributed by atoms with Crippen LogP contribution in [0.4, 0.5) is 11.5 Å². The highest BCUT2D eigenvalue weighted by atomic mass is 79.9. The smallest absolute Gasteiger partial charge is 0.225 e. The van der Waals surface area contributed by atoms with Crippen LogP contribution in [0.15, 0.2) is 34.8 Å². The molecule has 0 amide bonds. The van der Waals surface area contributed by atoms with Crippen LogP contribution in [0.2, 0.25) is 10.4 Å². The van der Waals surface area contributed by atoms with Gasteiger partial charge in [-0.2, -0.15) is 0 Å². The van der Waals surface area contributed by atoms with Crippen molar-refractivity contribution in [2.75, 3.05) is 5.32 Å². The van der Waals surface area contributed by atoms with E-state index in [1.54, 1.807) is 6.07 Å². The van der Waals surface area contributed by atoms with Gasteiger partial charge in [-0.15, -0.1) is 0 Å². The van der Waals surface area contributed by atoms with Gasteiger partial charge in [-0.05, 0) is 35.9 Å². The van der Waals surface area contributed by atoms with Crippen LogP contribution in [-0.4, -0.2) is 9.97 Å². The Morgan fingerprint density at radius 2 is 1.75 bits per heavy atom. The Bertz CT molecular complexity index is 482. The minimum atomic E-state index is 0.118. The second-order valence-electron chi connectivity index (χ2n) is 2.98. The van der Waals surface area contributed by atoms with E-state index in [1.807, 2.05) is 24.3 Å². The summed E-state index contributed by atoms with van der Waals surface area (Å²) in [4.78, 5) is 7.76. The van der Waals surface area contributed by atoms with Gasteiger partial charge in [-0.1, -0.05) is 27.5 Å². The zero-order chi connectivity index (χ0) is 11.5. The summed E-state index contributed by atoms with van der Waals surface area (Å²) in [5.74, 6) is 0.562. The maximum Gasteiger partial charge on any atom is 0.225 e. The average Bonchev–Trinajstić information content (AvgIpc) is 2.20. The van der Waals surface area contributed by atoms with Crippen molar-refractivity contribution < 1.29 is 0 Å². The van der Waals surface area contributed by atoms with Gasteiger partial charge in [0.2, 0.25) is 5.28 Å². The number of rotatable bonds is 2. The molecule has 0 aliphatic heterocycles. The Hall–Kier alpha value is -0.840. The van der Waals surface area contributed by atoms with Crippen LogP contribution in [0.5, 0.6) is 0 Å². The molecule has 2 aromatic rings. The van der Waals surface area contributed by atoms with Crippen LogP contribution in [0.25, 0.3) is 0 Å². The SMILES string of the molecule is Clc1cc(Nc2ccc(Br)cc2)nc(Cl)n1. The molecule has 16 heavy (non-hydrogen) atoms. The van der Waals surface area contributed by atoms with Crippen molar-refractivity contribution in [1.82, 2.24) is 9.97 Å². The third-order valence-corrected chi connectivity index (χ3v) is 2.68. The van der Waals surface area contributed by atoms with Gasteiger partial charge in [0.15, 0.2) is 0 Å². The highest BCUT2D eigenvalue weighted by molar-refractivity contribution is 9.10. The topological polar surface area (TPSA) is 37.8 Å². The quantitative estimate of drug-likeness (QED) is 0.663. The lowest BCUT2D eigenvalue weighted by molar-refractivity contribution is 1.17. The lowest BCUT2D eigenvalue weighted by Crippen LogP contribution is -1.95. The molecule has 82 valence electrons. The number of hydrogen-bond acceptors (Lipinski definition) is 3. The van der Waals surface area contributed by atoms with Gasteiger partial charge in [0.1, 0.15) is 11.0 Å². The first kappa shape index (κ1) is 11.6. The normalized spacial score (nSPS) is 10.2. The summed E-state index contributed by atoms with van der Waals surface area (Å²) in [6.07, 6.45) is 0. The summed E-state index contributed by atoms with van der Waals surface area (Å²) in [7, 11) is 0. The predicted molar refractivity (Wildman–Crippen MR) is 69.5 cm³/mol. The largest absolute Gasteiger partial charge is 0.340 e. The van der Waals surface area contributed by atoms with Crippen molar-refractivity contribution >= 4 is 50.6 Å². The third kappa shape index (κ3) is 3.07. The molecule has 1 aromatic heterocycles. The fourth-order valence-electron chi connectivity index (χ4n) is 1.14. The van der Waals surface area contributed by atoms with Gasteiger partial charge in [0.25, 0.3) is 0 Å². The van der Waals surface area contributed by atoms with Crippen LogP contribution >= 0.6 is 39.1 Å². The van der Waals surface area contributed by atoms with E-state index in [1.165, 1.54) is 0 Å². The summed E-state index contributed by atoms with van der Waals surface area (Å²) in [5, 5.41) is 3.49. The molecule has 1 N–H and O–H groups in total. The molecule has 0 atom stereocenters. The van der Waals surface area contributed by atoms with Gasteiger partial charge >= 0.3 is 0 Å². The van der Waals surface area contributed by atoms with E-state index in [2.05, 4.69) is 31.2 Å². The molecule has 0 bridgehead atoms. The molecule has 0 saturated heterocycles. The van der Waals surface area contributed by atoms with Crippen molar-refractivity contribution in [2.24, 2.45) is 0 Å². The molecule has 0 saturated carbocycles. The summed E-state index contributed by atoms with van der Waals surface area (Å²) >= 11 is 14.8. The molecule has 1 aromatic carbocycles. The fourth-order valence-corrected chi connectivity index (χ4v) is 1.81. The van der Waals surface area contributed by atoms with E-state index in [-0.39, 0.29) is 5.28 Å². The first-order valence-electron chi connectivity index (χ1n) is 4.36. The van der Waals surface area contributed by atoms with Crippen LogP contribution in [-0.2, 0) is 0 Å². The summed E-state index contributed by atoms with van der Waals surface area (Å²) in [6.45, 7) is 0. The van der Waals surface area contributed by atoms with Crippen molar-refractivity contribution in [3.8, 4) is 0 Å². The molecule has 0 unspecified atom stereocenters. The average molecular weight is 319 g/mol. The third-order valence-electron chi connectivity index (χ3n) is 1.78. The zero-order valence-electron chi connectivity index (χ0n) is 7.92. The van der Waals surface area contributed by atoms with Gasteiger partial charge in [0, 0.05) is 16.2 Å². The van der Waals surface area contributed by atoms with Gasteiger partial charge < -0.3 is 5.32 Å². The Morgan fingerprint density at radius 1 is 1.06 bits per heavy atom. The standard InChI is InChI=1S/C10H6BrCl2N3/c11-6-1-3-7(4-2-6)14-9-5-8(12)15-10(13)16-9/h1-5H,(H,14,15,16).